The van der Waals surface area contributed by atoms with Crippen LogP contribution in [0.3, 0.4) is 0 Å². The summed E-state index contributed by atoms with van der Waals surface area (Å²) in [6.45, 7) is 7.46. The van der Waals surface area contributed by atoms with Gasteiger partial charge in [-0.25, -0.2) is 15.8 Å². The van der Waals surface area contributed by atoms with Crippen molar-refractivity contribution >= 4 is 17.7 Å². The van der Waals surface area contributed by atoms with Crippen LogP contribution in [0.4, 0.5) is 17.7 Å². The molecule has 0 radical (unpaired) electrons. The van der Waals surface area contributed by atoms with E-state index in [4.69, 9.17) is 13.6 Å². The van der Waals surface area contributed by atoms with Crippen molar-refractivity contribution in [3.8, 4) is 33.8 Å². The van der Waals surface area contributed by atoms with Crippen molar-refractivity contribution in [1.82, 2.24) is 15.8 Å². The molecule has 4 aromatic rings. The monoisotopic (exact) mass is 582 g/mol. The maximum Gasteiger partial charge on any atom is 0.347 e. The first kappa shape index (κ1) is 29.8. The molecule has 0 unspecified atom stereocenters. The van der Waals surface area contributed by atoms with E-state index < -0.39 is 0 Å². The van der Waals surface area contributed by atoms with Crippen molar-refractivity contribution in [3.05, 3.63) is 33.8 Å². The van der Waals surface area contributed by atoms with Crippen LogP contribution in [0.1, 0.15) is 59.3 Å². The molecule has 18 heteroatoms. The summed E-state index contributed by atoms with van der Waals surface area (Å²) in [5.41, 5.74) is 2.55. The number of benzene rings is 1. The highest BCUT2D eigenvalue weighted by atomic mass is 16.5. The molecule has 3 aromatic heterocycles. The fourth-order valence-corrected chi connectivity index (χ4v) is 4.39. The predicted molar refractivity (Wildman–Crippen MR) is 142 cm³/mol. The summed E-state index contributed by atoms with van der Waals surface area (Å²) in [6, 6.07) is 5.25. The molecule has 0 aliphatic rings. The summed E-state index contributed by atoms with van der Waals surface area (Å²) in [7, 11) is 0. The molecule has 0 bridgehead atoms. The van der Waals surface area contributed by atoms with Crippen LogP contribution in [0.25, 0.3) is 33.8 Å². The van der Waals surface area contributed by atoms with Gasteiger partial charge in [-0.05, 0) is 32.2 Å². The third-order valence-electron chi connectivity index (χ3n) is 6.38. The average molecular weight is 583 g/mol. The van der Waals surface area contributed by atoms with Gasteiger partial charge in [0.15, 0.2) is 19.6 Å². The number of hydrogen-bond acceptors (Lipinski definition) is 15. The summed E-state index contributed by atoms with van der Waals surface area (Å²) in [4.78, 5) is 0. The molecule has 0 atom stereocenters. The predicted octanol–water partition coefficient (Wildman–Crippen LogP) is 5.66. The van der Waals surface area contributed by atoms with Gasteiger partial charge in [-0.3, -0.25) is 13.6 Å². The smallest absolute Gasteiger partial charge is 0.347 e. The Balaban J connectivity index is 2.06. The van der Waals surface area contributed by atoms with Crippen molar-refractivity contribution in [2.24, 2.45) is 31.2 Å². The zero-order chi connectivity index (χ0) is 29.9. The molecule has 0 N–H and O–H groups in total. The topological polar surface area (TPSA) is 233 Å². The maximum absolute atomic E-state index is 11.1. The second-order valence-corrected chi connectivity index (χ2v) is 9.25. The fraction of sp³-hybridized carbons (Fsp3) is 0.500. The Kier molecular flexibility index (Phi) is 10.3. The van der Waals surface area contributed by atoms with E-state index in [1.807, 2.05) is 20.8 Å². The van der Waals surface area contributed by atoms with E-state index in [2.05, 4.69) is 47.0 Å². The molecule has 222 valence electrons. The third-order valence-corrected chi connectivity index (χ3v) is 6.38. The molecule has 0 fully saturated rings. The van der Waals surface area contributed by atoms with Crippen molar-refractivity contribution in [1.29, 1.82) is 0 Å². The SMILES string of the molecule is CCCC[n+]1noc(/N=N/[O-])c1-c1cc(-c2c(/N=N/[O-])on[n+]2CCCC)cc(-c2c(/N=N/[O-])on[n+]2CCCC)c1. The lowest BCUT2D eigenvalue weighted by Crippen LogP contribution is -2.38. The standard InChI is InChI=1S/C24H30N12O6/c1-4-7-10-34-19(22(25-28-37)40-31-34)16-13-17(20-23(26-29-38)41-32-35(20)11-8-5-2)15-18(14-16)21-24(27-30-39)42-33-36(21)12-9-6-3/h13-15H,4-12H2,1-3H3. The van der Waals surface area contributed by atoms with Crippen molar-refractivity contribution in [3.63, 3.8) is 0 Å². The van der Waals surface area contributed by atoms with Gasteiger partial charge in [-0.15, -0.1) is 15.3 Å². The van der Waals surface area contributed by atoms with Crippen LogP contribution in [0, 0.1) is 15.6 Å². The average Bonchev–Trinajstić information content (AvgIpc) is 3.71. The highest BCUT2D eigenvalue weighted by Crippen LogP contribution is 2.38. The Labute approximate surface area is 239 Å². The second-order valence-electron chi connectivity index (χ2n) is 9.25. The van der Waals surface area contributed by atoms with E-state index in [0.717, 1.165) is 38.5 Å². The maximum atomic E-state index is 11.1. The molecule has 0 amide bonds. The zero-order valence-electron chi connectivity index (χ0n) is 23.4. The van der Waals surface area contributed by atoms with Gasteiger partial charge in [0.1, 0.15) is 0 Å². The molecule has 18 nitrogen and oxygen atoms in total. The summed E-state index contributed by atoms with van der Waals surface area (Å²) in [5, 5.41) is 64.4. The van der Waals surface area contributed by atoms with E-state index in [1.54, 1.807) is 32.2 Å². The Morgan fingerprint density at radius 1 is 0.548 bits per heavy atom. The Morgan fingerprint density at radius 3 is 1.07 bits per heavy atom. The summed E-state index contributed by atoms with van der Waals surface area (Å²) < 4.78 is 20.8. The normalized spacial score (nSPS) is 12.1. The Morgan fingerprint density at radius 2 is 0.833 bits per heavy atom. The van der Waals surface area contributed by atoms with E-state index >= 15 is 0 Å². The minimum Gasteiger partial charge on any atom is -0.775 e. The van der Waals surface area contributed by atoms with Crippen LogP contribution < -0.4 is 14.0 Å². The Bertz CT molecular complexity index is 1360. The fourth-order valence-electron chi connectivity index (χ4n) is 4.39. The van der Waals surface area contributed by atoms with Gasteiger partial charge in [-0.2, -0.15) is 0 Å². The first-order valence-electron chi connectivity index (χ1n) is 13.6. The number of hydrogen-bond donors (Lipinski definition) is 0. The van der Waals surface area contributed by atoms with E-state index in [0.29, 0.717) is 53.4 Å². The van der Waals surface area contributed by atoms with Gasteiger partial charge in [0, 0.05) is 19.3 Å². The van der Waals surface area contributed by atoms with Crippen LogP contribution in [0.5, 0.6) is 0 Å². The van der Waals surface area contributed by atoms with Crippen LogP contribution >= 0.6 is 0 Å². The molecule has 4 rings (SSSR count). The van der Waals surface area contributed by atoms with E-state index in [1.165, 1.54) is 0 Å². The molecule has 3 heterocycles. The first-order chi connectivity index (χ1) is 20.6. The Hall–Kier alpha value is -5.16. The third kappa shape index (κ3) is 6.42. The lowest BCUT2D eigenvalue weighted by molar-refractivity contribution is -0.753. The molecule has 0 saturated heterocycles. The molecule has 1 aromatic carbocycles. The quantitative estimate of drug-likeness (QED) is 0.0953. The molecule has 0 aliphatic carbocycles. The largest absolute Gasteiger partial charge is 0.775 e. The highest BCUT2D eigenvalue weighted by molar-refractivity contribution is 5.81. The highest BCUT2D eigenvalue weighted by Gasteiger charge is 2.34. The number of rotatable bonds is 15. The van der Waals surface area contributed by atoms with Crippen molar-refractivity contribution in [2.75, 3.05) is 0 Å². The number of unbranched alkanes of at least 4 members (excludes halogenated alkanes) is 3. The second kappa shape index (κ2) is 14.5. The van der Waals surface area contributed by atoms with Crippen LogP contribution in [0.15, 0.2) is 62.9 Å². The number of aryl methyl sites for hydroxylation is 3. The lowest BCUT2D eigenvalue weighted by atomic mass is 9.99. The summed E-state index contributed by atoms with van der Waals surface area (Å²) >= 11 is 0. The van der Waals surface area contributed by atoms with E-state index in [-0.39, 0.29) is 17.7 Å². The first-order valence-corrected chi connectivity index (χ1v) is 13.6. The van der Waals surface area contributed by atoms with Gasteiger partial charge in [0.2, 0.25) is 15.8 Å². The zero-order valence-corrected chi connectivity index (χ0v) is 23.4. The van der Waals surface area contributed by atoms with Gasteiger partial charge in [-0.1, -0.05) is 40.0 Å². The van der Waals surface area contributed by atoms with Crippen LogP contribution in [-0.4, -0.2) is 15.8 Å². The minimum absolute atomic E-state index is 0.114. The molecule has 0 saturated carbocycles. The lowest BCUT2D eigenvalue weighted by Gasteiger charge is -2.04. The molecular formula is C24H30N12O6. The summed E-state index contributed by atoms with van der Waals surface area (Å²) in [5.74, 6) is -0.343. The molecule has 0 aliphatic heterocycles. The minimum atomic E-state index is -0.114. The van der Waals surface area contributed by atoms with Crippen LogP contribution in [0.2, 0.25) is 0 Å². The molecule has 42 heavy (non-hydrogen) atoms. The molecule has 0 spiro atoms. The van der Waals surface area contributed by atoms with Crippen molar-refractivity contribution in [2.45, 2.75) is 78.9 Å². The molecular weight excluding hydrogens is 552 g/mol. The van der Waals surface area contributed by atoms with Gasteiger partial charge in [0.25, 0.3) is 0 Å². The van der Waals surface area contributed by atoms with Gasteiger partial charge in [0.05, 0.1) is 16.7 Å². The summed E-state index contributed by atoms with van der Waals surface area (Å²) in [6.07, 6.45) is 4.89. The van der Waals surface area contributed by atoms with Crippen molar-refractivity contribution < 1.29 is 27.6 Å². The van der Waals surface area contributed by atoms with Crippen LogP contribution in [-0.2, 0) is 19.6 Å². The number of nitrogens with zero attached hydrogens (tertiary/aromatic N) is 12. The van der Waals surface area contributed by atoms with Gasteiger partial charge < -0.3 is 15.6 Å². The van der Waals surface area contributed by atoms with E-state index in [9.17, 15) is 15.6 Å². The van der Waals surface area contributed by atoms with Gasteiger partial charge >= 0.3 is 34.7 Å². The number of aromatic nitrogens is 6.